The van der Waals surface area contributed by atoms with Gasteiger partial charge in [-0.15, -0.1) is 0 Å². The van der Waals surface area contributed by atoms with E-state index in [1.165, 1.54) is 0 Å². The summed E-state index contributed by atoms with van der Waals surface area (Å²) in [5.41, 5.74) is 2.49. The number of halogens is 1. The van der Waals surface area contributed by atoms with Crippen molar-refractivity contribution in [3.63, 3.8) is 0 Å². The van der Waals surface area contributed by atoms with Crippen molar-refractivity contribution < 1.29 is 19.1 Å². The highest BCUT2D eigenvalue weighted by Crippen LogP contribution is 2.35. The van der Waals surface area contributed by atoms with Gasteiger partial charge in [-0.2, -0.15) is 0 Å². The van der Waals surface area contributed by atoms with E-state index in [9.17, 15) is 9.59 Å². The Morgan fingerprint density at radius 3 is 2.64 bits per heavy atom. The van der Waals surface area contributed by atoms with Gasteiger partial charge in [-0.3, -0.25) is 4.79 Å². The summed E-state index contributed by atoms with van der Waals surface area (Å²) in [6.45, 7) is 1.84. The number of rotatable bonds is 3. The van der Waals surface area contributed by atoms with Gasteiger partial charge >= 0.3 is 5.97 Å². The van der Waals surface area contributed by atoms with Gasteiger partial charge in [-0.25, -0.2) is 4.79 Å². The van der Waals surface area contributed by atoms with Gasteiger partial charge in [0.25, 0.3) is 0 Å². The number of hydrogen-bond donors (Lipinski definition) is 0. The lowest BCUT2D eigenvalue weighted by atomic mass is 10.1. The Morgan fingerprint density at radius 2 is 1.86 bits per heavy atom. The Balaban J connectivity index is 1.57. The van der Waals surface area contributed by atoms with E-state index >= 15 is 0 Å². The number of allylic oxidation sites excluding steroid dienone is 1. The fourth-order valence-corrected chi connectivity index (χ4v) is 3.14. The number of esters is 1. The minimum Gasteiger partial charge on any atom is -0.452 e. The molecule has 0 aliphatic carbocycles. The number of Topliss-reactive ketones (excluding diaryl/α,β-unsaturated/α-hetero) is 1. The molecular weight excluding hydrogens is 376 g/mol. The van der Waals surface area contributed by atoms with Gasteiger partial charge in [0.05, 0.1) is 11.1 Å². The molecule has 0 atom stereocenters. The fraction of sp³-hybridized carbons (Fsp3) is 0.0435. The molecule has 0 radical (unpaired) electrons. The van der Waals surface area contributed by atoms with E-state index in [4.69, 9.17) is 21.1 Å². The largest absolute Gasteiger partial charge is 0.452 e. The quantitative estimate of drug-likeness (QED) is 0.337. The van der Waals surface area contributed by atoms with Crippen LogP contribution in [0.25, 0.3) is 6.08 Å². The molecule has 0 unspecified atom stereocenters. The minimum atomic E-state index is -0.461. The van der Waals surface area contributed by atoms with Crippen molar-refractivity contribution in [3.05, 3.63) is 99.8 Å². The first kappa shape index (κ1) is 18.0. The van der Waals surface area contributed by atoms with Crippen molar-refractivity contribution in [2.75, 3.05) is 0 Å². The molecule has 0 amide bonds. The number of carbonyl (C=O) groups excluding carboxylic acids is 2. The summed E-state index contributed by atoms with van der Waals surface area (Å²) < 4.78 is 11.1. The lowest BCUT2D eigenvalue weighted by molar-refractivity contribution is 0.0733. The maximum atomic E-state index is 12.6. The van der Waals surface area contributed by atoms with Gasteiger partial charge in [0, 0.05) is 11.1 Å². The molecule has 138 valence electrons. The summed E-state index contributed by atoms with van der Waals surface area (Å²) in [7, 11) is 0. The van der Waals surface area contributed by atoms with E-state index in [0.717, 1.165) is 11.1 Å². The Kier molecular flexibility index (Phi) is 4.72. The second-order valence-electron chi connectivity index (χ2n) is 6.36. The molecule has 3 aromatic carbocycles. The molecule has 0 saturated carbocycles. The first-order chi connectivity index (χ1) is 13.5. The Hall–Kier alpha value is -3.37. The van der Waals surface area contributed by atoms with Gasteiger partial charge in [0.15, 0.2) is 5.76 Å². The lowest BCUT2D eigenvalue weighted by Gasteiger charge is -2.07. The molecule has 4 rings (SSSR count). The maximum absolute atomic E-state index is 12.6. The van der Waals surface area contributed by atoms with Crippen LogP contribution in [0.3, 0.4) is 0 Å². The molecule has 0 bridgehead atoms. The van der Waals surface area contributed by atoms with E-state index in [-0.39, 0.29) is 11.5 Å². The summed E-state index contributed by atoms with van der Waals surface area (Å²) >= 11 is 5.98. The van der Waals surface area contributed by atoms with E-state index in [2.05, 4.69) is 0 Å². The SMILES string of the molecule is Cc1ccccc1C(=O)Oc1ccc2c(c1)O/C(=C\c1cccc(Cl)c1)C2=O. The highest BCUT2D eigenvalue weighted by Gasteiger charge is 2.28. The monoisotopic (exact) mass is 390 g/mol. The predicted octanol–water partition coefficient (Wildman–Crippen LogP) is 5.48. The van der Waals surface area contributed by atoms with Crippen LogP contribution in [0.4, 0.5) is 0 Å². The zero-order valence-electron chi connectivity index (χ0n) is 14.9. The molecule has 0 N–H and O–H groups in total. The van der Waals surface area contributed by atoms with Crippen molar-refractivity contribution in [1.82, 2.24) is 0 Å². The van der Waals surface area contributed by atoms with Gasteiger partial charge in [0.1, 0.15) is 11.5 Å². The number of fused-ring (bicyclic) bond motifs is 1. The highest BCUT2D eigenvalue weighted by atomic mass is 35.5. The molecule has 1 heterocycles. The summed E-state index contributed by atoms with van der Waals surface area (Å²) in [6, 6.07) is 19.0. The Morgan fingerprint density at radius 1 is 1.04 bits per heavy atom. The normalized spacial score (nSPS) is 13.9. The molecule has 1 aliphatic rings. The van der Waals surface area contributed by atoms with Crippen LogP contribution in [0, 0.1) is 6.92 Å². The molecule has 0 aromatic heterocycles. The standard InChI is InChI=1S/C23H15ClO4/c1-14-5-2-3-8-18(14)23(26)27-17-9-10-19-20(13-17)28-21(22(19)25)12-15-6-4-7-16(24)11-15/h2-13H,1H3/b21-12-. The van der Waals surface area contributed by atoms with Gasteiger partial charge < -0.3 is 9.47 Å². The van der Waals surface area contributed by atoms with Gasteiger partial charge in [-0.05, 0) is 54.5 Å². The highest BCUT2D eigenvalue weighted by molar-refractivity contribution is 6.30. The zero-order chi connectivity index (χ0) is 19.7. The smallest absolute Gasteiger partial charge is 0.343 e. The molecule has 28 heavy (non-hydrogen) atoms. The molecule has 4 nitrogen and oxygen atoms in total. The first-order valence-corrected chi connectivity index (χ1v) is 9.01. The average Bonchev–Trinajstić information content (AvgIpc) is 2.97. The van der Waals surface area contributed by atoms with Crippen LogP contribution in [0.2, 0.25) is 5.02 Å². The van der Waals surface area contributed by atoms with E-state index < -0.39 is 5.97 Å². The first-order valence-electron chi connectivity index (χ1n) is 8.63. The van der Waals surface area contributed by atoms with Crippen molar-refractivity contribution >= 4 is 29.4 Å². The second kappa shape index (κ2) is 7.33. The van der Waals surface area contributed by atoms with Crippen LogP contribution in [0.1, 0.15) is 31.8 Å². The Bertz CT molecular complexity index is 1130. The van der Waals surface area contributed by atoms with Gasteiger partial charge in [0.2, 0.25) is 5.78 Å². The third-order valence-electron chi connectivity index (χ3n) is 4.36. The van der Waals surface area contributed by atoms with E-state index in [1.807, 2.05) is 25.1 Å². The molecule has 0 fully saturated rings. The summed E-state index contributed by atoms with van der Waals surface area (Å²) in [6.07, 6.45) is 1.63. The molecule has 5 heteroatoms. The molecule has 1 aliphatic heterocycles. The maximum Gasteiger partial charge on any atom is 0.343 e. The number of ether oxygens (including phenoxy) is 2. The van der Waals surface area contributed by atoms with Crippen LogP contribution >= 0.6 is 11.6 Å². The topological polar surface area (TPSA) is 52.6 Å². The van der Waals surface area contributed by atoms with Crippen LogP contribution in [-0.4, -0.2) is 11.8 Å². The second-order valence-corrected chi connectivity index (χ2v) is 6.79. The Labute approximate surface area is 167 Å². The van der Waals surface area contributed by atoms with E-state index in [1.54, 1.807) is 54.6 Å². The molecule has 3 aromatic rings. The lowest BCUT2D eigenvalue weighted by Crippen LogP contribution is -2.10. The average molecular weight is 391 g/mol. The summed E-state index contributed by atoms with van der Waals surface area (Å²) in [5, 5.41) is 0.572. The summed E-state index contributed by atoms with van der Waals surface area (Å²) in [5.74, 6) is 0.167. The number of aryl methyl sites for hydroxylation is 1. The van der Waals surface area contributed by atoms with Crippen molar-refractivity contribution in [2.45, 2.75) is 6.92 Å². The third-order valence-corrected chi connectivity index (χ3v) is 4.60. The molecule has 0 saturated heterocycles. The zero-order valence-corrected chi connectivity index (χ0v) is 15.7. The molecule has 0 spiro atoms. The molecular formula is C23H15ClO4. The van der Waals surface area contributed by atoms with E-state index in [0.29, 0.717) is 27.6 Å². The van der Waals surface area contributed by atoms with Crippen LogP contribution in [0.5, 0.6) is 11.5 Å². The predicted molar refractivity (Wildman–Crippen MR) is 107 cm³/mol. The number of ketones is 1. The van der Waals surface area contributed by atoms with Crippen LogP contribution < -0.4 is 9.47 Å². The summed E-state index contributed by atoms with van der Waals surface area (Å²) in [4.78, 5) is 24.9. The number of carbonyl (C=O) groups is 2. The van der Waals surface area contributed by atoms with Crippen molar-refractivity contribution in [1.29, 1.82) is 0 Å². The third kappa shape index (κ3) is 3.55. The van der Waals surface area contributed by atoms with Crippen LogP contribution in [0.15, 0.2) is 72.5 Å². The number of benzene rings is 3. The van der Waals surface area contributed by atoms with Crippen molar-refractivity contribution in [3.8, 4) is 11.5 Å². The minimum absolute atomic E-state index is 0.194. The fourth-order valence-electron chi connectivity index (χ4n) is 2.94. The number of hydrogen-bond acceptors (Lipinski definition) is 4. The van der Waals surface area contributed by atoms with Crippen LogP contribution in [-0.2, 0) is 0 Å². The van der Waals surface area contributed by atoms with Crippen molar-refractivity contribution in [2.24, 2.45) is 0 Å². The van der Waals surface area contributed by atoms with Gasteiger partial charge in [-0.1, -0.05) is 41.9 Å².